The fourth-order valence-electron chi connectivity index (χ4n) is 5.91. The highest BCUT2D eigenvalue weighted by atomic mass is 16.5. The molecular weight excluding hydrogens is 432 g/mol. The lowest BCUT2D eigenvalue weighted by Crippen LogP contribution is -2.22. The number of rotatable bonds is 1. The van der Waals surface area contributed by atoms with E-state index in [9.17, 15) is 4.79 Å². The van der Waals surface area contributed by atoms with Crippen LogP contribution in [0.15, 0.2) is 95.8 Å². The monoisotopic (exact) mass is 452 g/mol. The van der Waals surface area contributed by atoms with Gasteiger partial charge in [0.1, 0.15) is 5.52 Å². The lowest BCUT2D eigenvalue weighted by Gasteiger charge is -2.25. The fraction of sp³-hybridized carbons (Fsp3) is 0.0645. The SMILES string of the molecule is O=c1c2ccccc2c2cc(-n3c4c(c5ccccc53)C=CCC4)cc3c2n1-c1ccccc1O3. The zero-order chi connectivity index (χ0) is 23.1. The molecule has 0 amide bonds. The van der Waals surface area contributed by atoms with Gasteiger partial charge in [0.2, 0.25) is 0 Å². The number of hydrogen-bond donors (Lipinski definition) is 0. The van der Waals surface area contributed by atoms with Crippen LogP contribution in [-0.4, -0.2) is 9.13 Å². The quantitative estimate of drug-likeness (QED) is 0.248. The largest absolute Gasteiger partial charge is 0.453 e. The third-order valence-corrected chi connectivity index (χ3v) is 7.37. The van der Waals surface area contributed by atoms with Crippen LogP contribution in [0.1, 0.15) is 17.7 Å². The molecule has 0 spiro atoms. The zero-order valence-electron chi connectivity index (χ0n) is 18.9. The number of fused-ring (bicyclic) bond motifs is 7. The third kappa shape index (κ3) is 2.43. The summed E-state index contributed by atoms with van der Waals surface area (Å²) in [5, 5.41) is 3.93. The Balaban J connectivity index is 1.56. The fourth-order valence-corrected chi connectivity index (χ4v) is 5.91. The van der Waals surface area contributed by atoms with E-state index in [2.05, 4.69) is 53.1 Å². The van der Waals surface area contributed by atoms with E-state index < -0.39 is 0 Å². The number of aromatic nitrogens is 2. The molecule has 6 aromatic rings. The van der Waals surface area contributed by atoms with Crippen LogP contribution in [0, 0.1) is 0 Å². The van der Waals surface area contributed by atoms with E-state index >= 15 is 0 Å². The van der Waals surface area contributed by atoms with E-state index in [-0.39, 0.29) is 5.56 Å². The highest BCUT2D eigenvalue weighted by Crippen LogP contribution is 2.43. The Morgan fingerprint density at radius 2 is 1.49 bits per heavy atom. The Bertz CT molecular complexity index is 1960. The van der Waals surface area contributed by atoms with Gasteiger partial charge in [0.05, 0.1) is 16.9 Å². The van der Waals surface area contributed by atoms with Crippen molar-refractivity contribution < 1.29 is 4.74 Å². The maximum Gasteiger partial charge on any atom is 0.263 e. The second kappa shape index (κ2) is 6.73. The molecule has 1 aliphatic heterocycles. The van der Waals surface area contributed by atoms with Crippen LogP contribution in [0.3, 0.4) is 0 Å². The van der Waals surface area contributed by atoms with E-state index in [1.165, 1.54) is 22.2 Å². The topological polar surface area (TPSA) is 36.2 Å². The third-order valence-electron chi connectivity index (χ3n) is 7.37. The molecule has 8 rings (SSSR count). The van der Waals surface area contributed by atoms with E-state index in [1.807, 2.05) is 53.1 Å². The maximum absolute atomic E-state index is 13.7. The summed E-state index contributed by atoms with van der Waals surface area (Å²) in [4.78, 5) is 13.7. The van der Waals surface area contributed by atoms with Crippen LogP contribution in [0.4, 0.5) is 0 Å². The minimum absolute atomic E-state index is 0.0215. The number of pyridine rings is 1. The predicted octanol–water partition coefficient (Wildman–Crippen LogP) is 7.15. The molecule has 3 heterocycles. The van der Waals surface area contributed by atoms with Crippen LogP contribution in [0.25, 0.3) is 50.0 Å². The first-order valence-electron chi connectivity index (χ1n) is 12.0. The number of nitrogens with zero attached hydrogens (tertiary/aromatic N) is 2. The molecule has 0 atom stereocenters. The van der Waals surface area contributed by atoms with Gasteiger partial charge in [0.15, 0.2) is 11.5 Å². The summed E-state index contributed by atoms with van der Waals surface area (Å²) in [5.41, 5.74) is 6.42. The van der Waals surface area contributed by atoms with Crippen molar-refractivity contribution in [2.45, 2.75) is 12.8 Å². The van der Waals surface area contributed by atoms with Crippen LogP contribution in [-0.2, 0) is 6.42 Å². The molecule has 0 saturated heterocycles. The molecule has 0 saturated carbocycles. The second-order valence-electron chi connectivity index (χ2n) is 9.25. The average molecular weight is 453 g/mol. The Kier molecular flexibility index (Phi) is 3.62. The van der Waals surface area contributed by atoms with E-state index in [1.54, 1.807) is 0 Å². The minimum atomic E-state index is -0.0215. The van der Waals surface area contributed by atoms with Gasteiger partial charge in [-0.2, -0.15) is 0 Å². The summed E-state index contributed by atoms with van der Waals surface area (Å²) < 4.78 is 10.7. The van der Waals surface area contributed by atoms with E-state index in [0.29, 0.717) is 16.9 Å². The summed E-state index contributed by atoms with van der Waals surface area (Å²) in [6.45, 7) is 0. The molecule has 2 aliphatic rings. The summed E-state index contributed by atoms with van der Waals surface area (Å²) >= 11 is 0. The zero-order valence-corrected chi connectivity index (χ0v) is 18.9. The molecule has 4 aromatic carbocycles. The predicted molar refractivity (Wildman–Crippen MR) is 141 cm³/mol. The Morgan fingerprint density at radius 3 is 2.40 bits per heavy atom. The van der Waals surface area contributed by atoms with Crippen LogP contribution in [0.5, 0.6) is 11.5 Å². The van der Waals surface area contributed by atoms with Gasteiger partial charge in [-0.25, -0.2) is 0 Å². The van der Waals surface area contributed by atoms with Crippen molar-refractivity contribution in [3.05, 3.63) is 113 Å². The molecular formula is C31H20N2O2. The van der Waals surface area contributed by atoms with Gasteiger partial charge in [0.25, 0.3) is 5.56 Å². The normalized spacial score (nSPS) is 13.7. The summed E-state index contributed by atoms with van der Waals surface area (Å²) in [6, 6.07) is 28.5. The molecule has 1 aliphatic carbocycles. The highest BCUT2D eigenvalue weighted by molar-refractivity contribution is 6.09. The first-order valence-corrected chi connectivity index (χ1v) is 12.0. The molecule has 4 nitrogen and oxygen atoms in total. The van der Waals surface area contributed by atoms with Crippen LogP contribution >= 0.6 is 0 Å². The van der Waals surface area contributed by atoms with Gasteiger partial charge >= 0.3 is 0 Å². The van der Waals surface area contributed by atoms with Gasteiger partial charge in [-0.05, 0) is 48.6 Å². The van der Waals surface area contributed by atoms with Crippen molar-refractivity contribution in [2.75, 3.05) is 0 Å². The number of allylic oxidation sites excluding steroid dienone is 1. The molecule has 166 valence electrons. The molecule has 0 bridgehead atoms. The average Bonchev–Trinajstić information content (AvgIpc) is 3.25. The molecule has 4 heteroatoms. The molecule has 35 heavy (non-hydrogen) atoms. The molecule has 2 aromatic heterocycles. The van der Waals surface area contributed by atoms with Crippen molar-refractivity contribution >= 4 is 38.7 Å². The van der Waals surface area contributed by atoms with Crippen molar-refractivity contribution in [3.8, 4) is 22.9 Å². The number of ether oxygens (including phenoxy) is 1. The number of hydrogen-bond acceptors (Lipinski definition) is 2. The number of benzene rings is 4. The van der Waals surface area contributed by atoms with Crippen molar-refractivity contribution in [2.24, 2.45) is 0 Å². The van der Waals surface area contributed by atoms with Gasteiger partial charge in [-0.1, -0.05) is 60.7 Å². The van der Waals surface area contributed by atoms with Gasteiger partial charge < -0.3 is 9.30 Å². The van der Waals surface area contributed by atoms with Crippen LogP contribution < -0.4 is 10.3 Å². The van der Waals surface area contributed by atoms with E-state index in [4.69, 9.17) is 4.74 Å². The second-order valence-corrected chi connectivity index (χ2v) is 9.25. The van der Waals surface area contributed by atoms with Crippen molar-refractivity contribution in [1.82, 2.24) is 9.13 Å². The lowest BCUT2D eigenvalue weighted by molar-refractivity contribution is 0.474. The standard InChI is InChI=1S/C31H20N2O2/c34-31-23-12-2-1-9-20(23)24-17-19(18-29-30(24)33(31)27-15-7-8-16-28(27)35-29)32-25-13-5-3-10-21(25)22-11-4-6-14-26(22)32/h1-5,7-13,15-18H,6,14H2. The molecule has 0 fully saturated rings. The number of para-hydroxylation sites is 3. The van der Waals surface area contributed by atoms with Crippen LogP contribution in [0.2, 0.25) is 0 Å². The Labute approximate surface area is 200 Å². The van der Waals surface area contributed by atoms with Crippen molar-refractivity contribution in [1.29, 1.82) is 0 Å². The van der Waals surface area contributed by atoms with Gasteiger partial charge in [0, 0.05) is 33.5 Å². The molecule has 0 N–H and O–H groups in total. The lowest BCUT2D eigenvalue weighted by atomic mass is 10.0. The summed E-state index contributed by atoms with van der Waals surface area (Å²) in [5.74, 6) is 1.40. The van der Waals surface area contributed by atoms with Crippen molar-refractivity contribution in [3.63, 3.8) is 0 Å². The maximum atomic E-state index is 13.7. The first kappa shape index (κ1) is 18.8. The minimum Gasteiger partial charge on any atom is -0.453 e. The summed E-state index contributed by atoms with van der Waals surface area (Å²) in [7, 11) is 0. The highest BCUT2D eigenvalue weighted by Gasteiger charge is 2.26. The van der Waals surface area contributed by atoms with E-state index in [0.717, 1.165) is 40.5 Å². The Morgan fingerprint density at radius 1 is 0.714 bits per heavy atom. The molecule has 0 unspecified atom stereocenters. The first-order chi connectivity index (χ1) is 17.3. The van der Waals surface area contributed by atoms with Gasteiger partial charge in [-0.15, -0.1) is 0 Å². The Hall–Kier alpha value is -4.57. The van der Waals surface area contributed by atoms with Gasteiger partial charge in [-0.3, -0.25) is 9.36 Å². The molecule has 0 radical (unpaired) electrons. The smallest absolute Gasteiger partial charge is 0.263 e. The summed E-state index contributed by atoms with van der Waals surface area (Å²) in [6.07, 6.45) is 6.52.